The Labute approximate surface area is 843 Å². The van der Waals surface area contributed by atoms with Crippen LogP contribution in [0.15, 0.2) is 79.3 Å². The number of anilines is 3. The first-order valence-corrected chi connectivity index (χ1v) is 55.8. The van der Waals surface area contributed by atoms with E-state index in [1.807, 2.05) is 38.8 Å². The molecule has 16 fully saturated rings. The number of nitrogens with zero attached hydrogens (tertiary/aromatic N) is 19. The first kappa shape index (κ1) is 114. The summed E-state index contributed by atoms with van der Waals surface area (Å²) in [5.41, 5.74) is 2.80. The molecule has 1 aromatic carbocycles. The van der Waals surface area contributed by atoms with Gasteiger partial charge in [0.1, 0.15) is 5.82 Å². The Morgan fingerprint density at radius 2 is 0.614 bits per heavy atom. The Bertz CT molecular complexity index is 3660. The van der Waals surface area contributed by atoms with Gasteiger partial charge in [-0.25, -0.2) is 4.98 Å². The topological polar surface area (TPSA) is 133 Å². The van der Waals surface area contributed by atoms with Crippen molar-refractivity contribution in [1.29, 1.82) is 0 Å². The van der Waals surface area contributed by atoms with E-state index in [0.29, 0.717) is 49.6 Å². The minimum Gasteiger partial charge on any atom is -0.468 e. The number of esters is 1. The molecule has 796 valence electrons. The van der Waals surface area contributed by atoms with Gasteiger partial charge >= 0.3 is 18.3 Å². The van der Waals surface area contributed by atoms with Gasteiger partial charge in [0.25, 0.3) is 0 Å². The van der Waals surface area contributed by atoms with Gasteiger partial charge in [0, 0.05) is 132 Å². The van der Waals surface area contributed by atoms with Crippen LogP contribution in [-0.4, -0.2) is 432 Å². The van der Waals surface area contributed by atoms with E-state index >= 15 is 0 Å². The predicted molar refractivity (Wildman–Crippen MR) is 560 cm³/mol. The lowest BCUT2D eigenvalue weighted by molar-refractivity contribution is -0.150. The smallest absolute Gasteiger partial charge is 0.401 e. The van der Waals surface area contributed by atoms with Crippen LogP contribution in [0.2, 0.25) is 0 Å². The number of halogens is 6. The number of hydrogen-bond donors (Lipinski definition) is 0. The molecule has 8 atom stereocenters. The second kappa shape index (κ2) is 58.6. The summed E-state index contributed by atoms with van der Waals surface area (Å²) < 4.78 is 84.3. The number of likely N-dealkylation sites (N-methyl/N-ethyl adjacent to an activating group) is 1. The minimum atomic E-state index is -4.05. The summed E-state index contributed by atoms with van der Waals surface area (Å²) in [5.74, 6) is 7.59. The lowest BCUT2D eigenvalue weighted by Crippen LogP contribution is -2.45. The summed E-state index contributed by atoms with van der Waals surface area (Å²) >= 11 is 0. The zero-order chi connectivity index (χ0) is 99.5. The number of rotatable bonds is 21. The number of pyridine rings is 2. The van der Waals surface area contributed by atoms with E-state index in [-0.39, 0.29) is 24.5 Å². The standard InChI is InChI=1S/C16H24N2.2C15H23N3.C14H27N3O.C13H23F3N2.C13H24N2O2.C13H26N2O.C12H21F3N2/c1-17-12-9-14(10-13-17)16-8-5-11-18(16)15-6-3-2-4-7-15;1-17-11-6-13(7-12-17)15-3-2-10-18(15)14-4-8-16-9-5-14;1-17-11-7-13(8-12-17)14-5-4-10-18(14)15-6-2-3-9-16-15;1-15(2)14(18)11-17-8-4-5-13(17)12-6-9-16(3)10-7-12;1-17-8-4-11(5-9-17)12-3-2-7-18(12)10-6-13(14,15)16;1-14-8-5-11(6-9-14)12-4-3-7-15(12)10-13(16)17-2;1-14-8-5-12(6-9-14)13-4-3-7-15(13)10-11-16-2;1-16-7-4-10(5-8-16)11-3-2-6-17(11)9-12(13,14)15/h2-4,6-7,14,16H,5,8-13H2,1H3;4-5,8-9,13,15H,2-3,6-7,10-12H2,1H3;2-3,6,9,13-14H,4-5,7-8,10-12H2,1H3;12-13H,4-11H2,1-3H3;11-12H,2-10H2,1H3;11-12H,3-10H2,1-2H3;12-13H,3-11H2,1-2H3;10-11H,2-9H2,1H3/t16-;15-;14-;13-;2*12-;13-;11-/m00000000/s1. The van der Waals surface area contributed by atoms with E-state index in [0.717, 1.165) is 170 Å². The van der Waals surface area contributed by atoms with Crippen LogP contribution in [0.5, 0.6) is 0 Å². The van der Waals surface area contributed by atoms with Crippen LogP contribution in [0.25, 0.3) is 0 Å². The lowest BCUT2D eigenvalue weighted by atomic mass is 9.88. The van der Waals surface area contributed by atoms with E-state index in [2.05, 4.69) is 194 Å². The molecule has 140 heavy (non-hydrogen) atoms. The molecule has 16 aliphatic heterocycles. The molecule has 3 aromatic rings. The van der Waals surface area contributed by atoms with Crippen LogP contribution in [0.1, 0.15) is 212 Å². The number of aromatic nitrogens is 2. The highest BCUT2D eigenvalue weighted by Crippen LogP contribution is 2.42. The number of benzene rings is 1. The number of piperidine rings is 8. The van der Waals surface area contributed by atoms with E-state index in [4.69, 9.17) is 9.47 Å². The molecule has 16 aliphatic rings. The molecule has 29 heteroatoms. The first-order chi connectivity index (χ1) is 67.5. The lowest BCUT2D eigenvalue weighted by Gasteiger charge is -2.38. The monoisotopic (exact) mass is 1970 g/mol. The summed E-state index contributed by atoms with van der Waals surface area (Å²) in [4.78, 5) is 71.9. The van der Waals surface area contributed by atoms with Crippen molar-refractivity contribution in [3.05, 3.63) is 79.3 Å². The third kappa shape index (κ3) is 36.4. The van der Waals surface area contributed by atoms with Crippen molar-refractivity contribution in [3.8, 4) is 0 Å². The van der Waals surface area contributed by atoms with E-state index < -0.39 is 25.3 Å². The number of carbonyl (C=O) groups excluding carboxylic acids is 2. The SMILES string of the molecule is CN1CCC([C@@H]2CCCN2CC(=O)N(C)C)CC1.CN1CCC([C@@H]2CCCN2CC(F)(F)F)CC1.CN1CCC([C@@H]2CCCN2CCC(F)(F)F)CC1.CN1CCC([C@@H]2CCCN2c2ccccc2)CC1.CN1CCC([C@@H]2CCCN2c2ccccn2)CC1.CN1CCC([C@@H]2CCCN2c2ccncc2)CC1.COC(=O)CN1CCC[C@H]1C1CCN(C)CC1.COCCN1CCC[C@H]1C1CCN(C)CC1. The number of alkyl halides is 6. The van der Waals surface area contributed by atoms with Gasteiger partial charge in [-0.05, 0) is 483 Å². The fraction of sp³-hybridized carbons (Fsp3) is 0.838. The molecule has 18 heterocycles. The molecule has 0 radical (unpaired) electrons. The largest absolute Gasteiger partial charge is 0.468 e. The molecule has 2 aromatic heterocycles. The zero-order valence-corrected chi connectivity index (χ0v) is 89.2. The fourth-order valence-corrected chi connectivity index (χ4v) is 27.1. The predicted octanol–water partition coefficient (Wildman–Crippen LogP) is 16.2. The van der Waals surface area contributed by atoms with Crippen molar-refractivity contribution in [1.82, 2.24) is 78.6 Å². The normalized spacial score (nSPS) is 28.1. The molecule has 16 saturated heterocycles. The van der Waals surface area contributed by atoms with Crippen LogP contribution in [0, 0.1) is 47.3 Å². The molecule has 0 saturated carbocycles. The van der Waals surface area contributed by atoms with Gasteiger partial charge in [0.15, 0.2) is 0 Å². The third-order valence-corrected chi connectivity index (χ3v) is 35.5. The Balaban J connectivity index is 0.000000143. The molecule has 19 rings (SSSR count). The average molecular weight is 1970 g/mol. The summed E-state index contributed by atoms with van der Waals surface area (Å²) in [7, 11) is 24.6. The molecule has 0 aliphatic carbocycles. The van der Waals surface area contributed by atoms with Crippen molar-refractivity contribution in [2.45, 2.75) is 273 Å². The Morgan fingerprint density at radius 1 is 0.321 bits per heavy atom. The van der Waals surface area contributed by atoms with Crippen molar-refractivity contribution in [2.75, 3.05) is 296 Å². The molecule has 0 bridgehead atoms. The molecular weight excluding hydrogens is 1780 g/mol. The number of methoxy groups -OCH3 is 2. The van der Waals surface area contributed by atoms with Crippen molar-refractivity contribution in [3.63, 3.8) is 0 Å². The quantitative estimate of drug-likeness (QED) is 0.0739. The maximum atomic E-state index is 12.5. The first-order valence-electron chi connectivity index (χ1n) is 55.8. The van der Waals surface area contributed by atoms with Gasteiger partial charge in [0.2, 0.25) is 5.91 Å². The van der Waals surface area contributed by atoms with Gasteiger partial charge in [-0.3, -0.25) is 39.1 Å². The molecule has 23 nitrogen and oxygen atoms in total. The maximum Gasteiger partial charge on any atom is 0.401 e. The van der Waals surface area contributed by atoms with Crippen molar-refractivity contribution in [2.24, 2.45) is 47.3 Å². The van der Waals surface area contributed by atoms with Gasteiger partial charge in [-0.2, -0.15) is 26.3 Å². The molecule has 0 unspecified atom stereocenters. The highest BCUT2D eigenvalue weighted by molar-refractivity contribution is 5.77. The van der Waals surface area contributed by atoms with Crippen LogP contribution < -0.4 is 14.7 Å². The molecular formula is C111H191F6N19O4. The van der Waals surface area contributed by atoms with Gasteiger partial charge in [0.05, 0.1) is 39.8 Å². The van der Waals surface area contributed by atoms with Crippen LogP contribution in [0.4, 0.5) is 43.5 Å². The Kier molecular flexibility index (Phi) is 47.5. The van der Waals surface area contributed by atoms with E-state index in [1.165, 1.54) is 283 Å². The second-order valence-electron chi connectivity index (χ2n) is 45.4. The summed E-state index contributed by atoms with van der Waals surface area (Å²) in [6, 6.07) is 26.6. The number of hydrogen-bond acceptors (Lipinski definition) is 22. The van der Waals surface area contributed by atoms with Crippen molar-refractivity contribution < 1.29 is 45.4 Å². The Hall–Kier alpha value is -5.12. The summed E-state index contributed by atoms with van der Waals surface area (Å²) in [5, 5.41) is 0. The second-order valence-corrected chi connectivity index (χ2v) is 45.4. The number of ether oxygens (including phenoxy) is 2. The van der Waals surface area contributed by atoms with E-state index in [9.17, 15) is 35.9 Å². The minimum absolute atomic E-state index is 0.0928. The van der Waals surface area contributed by atoms with Crippen molar-refractivity contribution >= 4 is 29.1 Å². The molecule has 0 N–H and O–H groups in total. The summed E-state index contributed by atoms with van der Waals surface area (Å²) in [6.07, 6.45) is 37.6. The number of para-hydroxylation sites is 1. The zero-order valence-electron chi connectivity index (χ0n) is 89.2. The average Bonchev–Trinajstić information content (AvgIpc) is 1.67. The van der Waals surface area contributed by atoms with E-state index in [1.54, 1.807) is 16.9 Å². The van der Waals surface area contributed by atoms with Gasteiger partial charge in [-0.15, -0.1) is 0 Å². The molecule has 0 spiro atoms. The highest BCUT2D eigenvalue weighted by Gasteiger charge is 2.44. The van der Waals surface area contributed by atoms with Crippen LogP contribution >= 0.6 is 0 Å². The van der Waals surface area contributed by atoms with Crippen LogP contribution in [0.3, 0.4) is 0 Å². The number of likely N-dealkylation sites (tertiary alicyclic amines) is 13. The van der Waals surface area contributed by atoms with Gasteiger partial charge in [-0.1, -0.05) is 24.3 Å². The summed E-state index contributed by atoms with van der Waals surface area (Å²) in [6.45, 7) is 30.5. The third-order valence-electron chi connectivity index (χ3n) is 35.5. The maximum absolute atomic E-state index is 12.5. The van der Waals surface area contributed by atoms with Crippen LogP contribution in [-0.2, 0) is 19.1 Å². The number of carbonyl (C=O) groups is 2. The number of amides is 1. The highest BCUT2D eigenvalue weighted by atomic mass is 19.4. The Morgan fingerprint density at radius 3 is 0.950 bits per heavy atom. The molecule has 1 amide bonds. The fourth-order valence-electron chi connectivity index (χ4n) is 27.1. The van der Waals surface area contributed by atoms with Gasteiger partial charge < -0.3 is 68.3 Å².